The summed E-state index contributed by atoms with van der Waals surface area (Å²) in [7, 11) is 1.83. The molecular weight excluding hydrogens is 573 g/mol. The number of aromatic amines is 2. The van der Waals surface area contributed by atoms with E-state index >= 15 is 0 Å². The number of hydrogen-bond acceptors (Lipinski definition) is 5. The van der Waals surface area contributed by atoms with E-state index in [4.69, 9.17) is 9.97 Å². The molecular formula is C38H38FN7. The summed E-state index contributed by atoms with van der Waals surface area (Å²) in [6.07, 6.45) is 9.99. The highest BCUT2D eigenvalue weighted by Crippen LogP contribution is 2.31. The van der Waals surface area contributed by atoms with Crippen LogP contribution in [-0.4, -0.2) is 32.2 Å². The van der Waals surface area contributed by atoms with Crippen LogP contribution in [0.4, 0.5) is 4.39 Å². The molecule has 3 aromatic heterocycles. The lowest BCUT2D eigenvalue weighted by Gasteiger charge is -2.12. The van der Waals surface area contributed by atoms with Crippen LogP contribution in [0.1, 0.15) is 40.7 Å². The molecule has 0 amide bonds. The van der Waals surface area contributed by atoms with Crippen LogP contribution in [0.5, 0.6) is 0 Å². The van der Waals surface area contributed by atoms with E-state index < -0.39 is 0 Å². The molecule has 232 valence electrons. The molecule has 5 rings (SSSR count). The van der Waals surface area contributed by atoms with Gasteiger partial charge < -0.3 is 15.6 Å². The number of nitrogens with zero attached hydrogens (tertiary/aromatic N) is 3. The van der Waals surface area contributed by atoms with Crippen LogP contribution < -0.4 is 10.6 Å². The first-order valence-electron chi connectivity index (χ1n) is 15.0. The van der Waals surface area contributed by atoms with Gasteiger partial charge in [-0.3, -0.25) is 5.10 Å². The minimum atomic E-state index is -0.315. The van der Waals surface area contributed by atoms with Crippen LogP contribution in [0, 0.1) is 12.7 Å². The van der Waals surface area contributed by atoms with Gasteiger partial charge >= 0.3 is 0 Å². The number of nitrogens with one attached hydrogen (secondary N) is 4. The van der Waals surface area contributed by atoms with Crippen molar-refractivity contribution in [3.05, 3.63) is 162 Å². The van der Waals surface area contributed by atoms with Gasteiger partial charge in [-0.1, -0.05) is 68.3 Å². The Hall–Kier alpha value is -5.60. The summed E-state index contributed by atoms with van der Waals surface area (Å²) < 4.78 is 14.6. The predicted molar refractivity (Wildman–Crippen MR) is 187 cm³/mol. The number of halogens is 1. The minimum Gasteiger partial charge on any atom is -0.359 e. The summed E-state index contributed by atoms with van der Waals surface area (Å²) in [5.41, 5.74) is 10.3. The van der Waals surface area contributed by atoms with Crippen LogP contribution in [0.3, 0.4) is 0 Å². The molecule has 0 saturated carbocycles. The van der Waals surface area contributed by atoms with Gasteiger partial charge in [0.05, 0.1) is 16.9 Å². The van der Waals surface area contributed by atoms with Gasteiger partial charge in [-0.05, 0) is 85.6 Å². The van der Waals surface area contributed by atoms with E-state index in [9.17, 15) is 4.39 Å². The van der Waals surface area contributed by atoms with Crippen LogP contribution in [0.25, 0.3) is 33.7 Å². The molecule has 4 N–H and O–H groups in total. The monoisotopic (exact) mass is 611 g/mol. The number of H-pyrrole nitrogens is 2. The van der Waals surface area contributed by atoms with E-state index in [0.717, 1.165) is 45.0 Å². The topological polar surface area (TPSA) is 94.3 Å². The van der Waals surface area contributed by atoms with Crippen molar-refractivity contribution >= 4 is 22.2 Å². The van der Waals surface area contributed by atoms with Gasteiger partial charge in [0.15, 0.2) is 11.5 Å². The molecule has 0 aliphatic heterocycles. The molecule has 0 radical (unpaired) electrons. The molecule has 0 fully saturated rings. The summed E-state index contributed by atoms with van der Waals surface area (Å²) in [5.74, 6) is 0.235. The first-order chi connectivity index (χ1) is 22.3. The first-order valence-corrected chi connectivity index (χ1v) is 15.0. The highest BCUT2D eigenvalue weighted by atomic mass is 19.1. The third-order valence-electron chi connectivity index (χ3n) is 7.42. The zero-order chi connectivity index (χ0) is 32.6. The molecule has 8 heteroatoms. The second-order valence-corrected chi connectivity index (χ2v) is 10.9. The lowest BCUT2D eigenvalue weighted by molar-refractivity contribution is 0.623. The number of aryl methyl sites for hydroxylation is 1. The highest BCUT2D eigenvalue weighted by Gasteiger charge is 2.20. The Bertz CT molecular complexity index is 1990. The molecule has 0 saturated heterocycles. The van der Waals surface area contributed by atoms with Crippen LogP contribution >= 0.6 is 0 Å². The lowest BCUT2D eigenvalue weighted by Crippen LogP contribution is -2.12. The maximum atomic E-state index is 14.6. The number of aromatic nitrogens is 5. The number of allylic oxidation sites excluding steroid dienone is 7. The van der Waals surface area contributed by atoms with Crippen molar-refractivity contribution in [1.29, 1.82) is 0 Å². The fourth-order valence-corrected chi connectivity index (χ4v) is 5.31. The zero-order valence-corrected chi connectivity index (χ0v) is 26.4. The molecule has 2 aromatic carbocycles. The molecule has 7 nitrogen and oxygen atoms in total. The fraction of sp³-hybridized carbons (Fsp3) is 0.132. The smallest absolute Gasteiger partial charge is 0.161 e. The molecule has 46 heavy (non-hydrogen) atoms. The van der Waals surface area contributed by atoms with Gasteiger partial charge in [0.2, 0.25) is 0 Å². The van der Waals surface area contributed by atoms with Crippen molar-refractivity contribution in [2.24, 2.45) is 0 Å². The molecule has 0 spiro atoms. The summed E-state index contributed by atoms with van der Waals surface area (Å²) in [4.78, 5) is 13.3. The molecule has 0 bridgehead atoms. The number of pyridine rings is 1. The number of hydrogen-bond donors (Lipinski definition) is 4. The maximum Gasteiger partial charge on any atom is 0.161 e. The zero-order valence-electron chi connectivity index (χ0n) is 26.4. The molecule has 0 aliphatic rings. The van der Waals surface area contributed by atoms with E-state index in [1.165, 1.54) is 17.7 Å². The van der Waals surface area contributed by atoms with Crippen molar-refractivity contribution in [3.63, 3.8) is 0 Å². The second-order valence-electron chi connectivity index (χ2n) is 10.9. The SMILES string of the molecule is C=C/C=C(/c1cc(F)cc(CNC)c1)c1nc(-c2n[nH]c3ccc(C(/C=C(\C=C)NC(=C)Cc4ccccc4)=C/C)nc23)[nH]c1C. The number of benzene rings is 2. The third-order valence-corrected chi connectivity index (χ3v) is 7.42. The Labute approximate surface area is 269 Å². The number of fused-ring (bicyclic) bond motifs is 1. The van der Waals surface area contributed by atoms with Gasteiger partial charge in [-0.25, -0.2) is 14.4 Å². The lowest BCUT2D eigenvalue weighted by atomic mass is 9.98. The summed E-state index contributed by atoms with van der Waals surface area (Å²) in [5, 5.41) is 14.1. The van der Waals surface area contributed by atoms with Crippen LogP contribution in [-0.2, 0) is 13.0 Å². The van der Waals surface area contributed by atoms with E-state index in [1.54, 1.807) is 12.2 Å². The van der Waals surface area contributed by atoms with E-state index in [0.29, 0.717) is 41.3 Å². The second kappa shape index (κ2) is 14.5. The minimum absolute atomic E-state index is 0.315. The third kappa shape index (κ3) is 7.20. The predicted octanol–water partition coefficient (Wildman–Crippen LogP) is 7.95. The van der Waals surface area contributed by atoms with Gasteiger partial charge in [0, 0.05) is 35.6 Å². The first kappa shape index (κ1) is 31.8. The average molecular weight is 612 g/mol. The molecule has 0 atom stereocenters. The number of imidazole rings is 1. The van der Waals surface area contributed by atoms with Crippen molar-refractivity contribution in [1.82, 2.24) is 35.8 Å². The van der Waals surface area contributed by atoms with Crippen LogP contribution in [0.15, 0.2) is 122 Å². The van der Waals surface area contributed by atoms with Crippen molar-refractivity contribution < 1.29 is 4.39 Å². The molecule has 0 aliphatic carbocycles. The van der Waals surface area contributed by atoms with Gasteiger partial charge in [0.1, 0.15) is 11.3 Å². The van der Waals surface area contributed by atoms with Gasteiger partial charge in [0.25, 0.3) is 0 Å². The quantitative estimate of drug-likeness (QED) is 0.101. The molecule has 3 heterocycles. The Kier molecular flexibility index (Phi) is 10.00. The van der Waals surface area contributed by atoms with Gasteiger partial charge in [-0.2, -0.15) is 5.10 Å². The van der Waals surface area contributed by atoms with Gasteiger partial charge in [-0.15, -0.1) is 0 Å². The Balaban J connectivity index is 1.47. The maximum absolute atomic E-state index is 14.6. The van der Waals surface area contributed by atoms with Crippen LogP contribution in [0.2, 0.25) is 0 Å². The average Bonchev–Trinajstić information content (AvgIpc) is 3.64. The fourth-order valence-electron chi connectivity index (χ4n) is 5.31. The van der Waals surface area contributed by atoms with Crippen molar-refractivity contribution in [2.45, 2.75) is 26.8 Å². The van der Waals surface area contributed by atoms with E-state index in [2.05, 4.69) is 57.7 Å². The van der Waals surface area contributed by atoms with Crippen molar-refractivity contribution in [3.8, 4) is 11.5 Å². The largest absolute Gasteiger partial charge is 0.359 e. The standard InChI is InChI=1S/C38H38FN7/c1-7-13-32(29-19-27(23-40-6)20-30(39)21-29)35-25(5)42-38(44-35)37-36-34(45-46-37)17-16-33(43-36)28(8-2)22-31(9-3)41-24(4)18-26-14-11-10-12-15-26/h7-17,19-22,40-41H,1,3-4,18,23H2,2,5-6H3,(H,42,44)(H,45,46)/b28-8+,31-22+,32-13-. The summed E-state index contributed by atoms with van der Waals surface area (Å²) >= 11 is 0. The Morgan fingerprint density at radius 2 is 1.83 bits per heavy atom. The number of rotatable bonds is 13. The molecule has 5 aromatic rings. The highest BCUT2D eigenvalue weighted by molar-refractivity contribution is 5.90. The Morgan fingerprint density at radius 3 is 2.54 bits per heavy atom. The normalized spacial score (nSPS) is 12.4. The van der Waals surface area contributed by atoms with E-state index in [1.807, 2.05) is 75.5 Å². The molecule has 0 unspecified atom stereocenters. The van der Waals surface area contributed by atoms with E-state index in [-0.39, 0.29) is 5.82 Å². The van der Waals surface area contributed by atoms with Crippen molar-refractivity contribution in [2.75, 3.05) is 7.05 Å². The Morgan fingerprint density at radius 1 is 1.02 bits per heavy atom. The summed E-state index contributed by atoms with van der Waals surface area (Å²) in [6.45, 7) is 16.5. The summed E-state index contributed by atoms with van der Waals surface area (Å²) in [6, 6.07) is 19.1.